The van der Waals surface area contributed by atoms with Gasteiger partial charge in [0.05, 0.1) is 4.90 Å². The number of sulfonamides is 1. The summed E-state index contributed by atoms with van der Waals surface area (Å²) in [5.41, 5.74) is -2.21. The van der Waals surface area contributed by atoms with Crippen molar-refractivity contribution in [3.8, 4) is 0 Å². The molecular weight excluding hydrogens is 428 g/mol. The van der Waals surface area contributed by atoms with Gasteiger partial charge in [-0.3, -0.25) is 4.79 Å². The SMILES string of the molecule is CC(C)(C)[C@@](C)(C(=O)O)N1CC[C@@H](NS(=O)(=O)c2ccc3cc(Cl)ccc3c2)C1=O. The van der Waals surface area contributed by atoms with Gasteiger partial charge in [0.2, 0.25) is 15.9 Å². The highest BCUT2D eigenvalue weighted by Crippen LogP contribution is 2.38. The standard InChI is InChI=1S/C21H25ClN2O5S/c1-20(2,3)21(4,19(26)27)24-10-9-17(18(24)25)23-30(28,29)16-8-6-13-11-15(22)7-5-14(13)12-16/h5-8,11-12,17,23H,9-10H2,1-4H3,(H,26,27)/t17-,21-/m1/s1. The normalized spacial score (nSPS) is 19.8. The maximum atomic E-state index is 13.0. The monoisotopic (exact) mass is 452 g/mol. The molecule has 1 fully saturated rings. The number of carbonyl (C=O) groups is 2. The number of fused-ring (bicyclic) bond motifs is 1. The molecule has 1 heterocycles. The van der Waals surface area contributed by atoms with Crippen LogP contribution in [-0.2, 0) is 19.6 Å². The highest BCUT2D eigenvalue weighted by atomic mass is 35.5. The Morgan fingerprint density at radius 3 is 2.33 bits per heavy atom. The molecule has 0 unspecified atom stereocenters. The second-order valence-electron chi connectivity index (χ2n) is 8.73. The van der Waals surface area contributed by atoms with Gasteiger partial charge in [-0.2, -0.15) is 4.72 Å². The molecule has 30 heavy (non-hydrogen) atoms. The van der Waals surface area contributed by atoms with Crippen LogP contribution in [0.4, 0.5) is 0 Å². The van der Waals surface area contributed by atoms with Crippen LogP contribution in [0, 0.1) is 5.41 Å². The fraction of sp³-hybridized carbons (Fsp3) is 0.429. The van der Waals surface area contributed by atoms with Gasteiger partial charge in [0.25, 0.3) is 0 Å². The van der Waals surface area contributed by atoms with Gasteiger partial charge in [-0.05, 0) is 53.8 Å². The Hall–Kier alpha value is -2.16. The molecule has 162 valence electrons. The van der Waals surface area contributed by atoms with Crippen LogP contribution >= 0.6 is 11.6 Å². The zero-order chi connectivity index (χ0) is 22.5. The number of halogens is 1. The maximum absolute atomic E-state index is 13.0. The molecule has 0 radical (unpaired) electrons. The van der Waals surface area contributed by atoms with E-state index in [-0.39, 0.29) is 17.9 Å². The van der Waals surface area contributed by atoms with Crippen LogP contribution in [0.25, 0.3) is 10.8 Å². The summed E-state index contributed by atoms with van der Waals surface area (Å²) in [7, 11) is -3.98. The number of carbonyl (C=O) groups excluding carboxylic acids is 1. The quantitative estimate of drug-likeness (QED) is 0.724. The first-order chi connectivity index (χ1) is 13.8. The molecule has 1 aliphatic heterocycles. The third kappa shape index (κ3) is 3.79. The molecule has 0 spiro atoms. The predicted molar refractivity (Wildman–Crippen MR) is 115 cm³/mol. The van der Waals surface area contributed by atoms with Gasteiger partial charge >= 0.3 is 5.97 Å². The Bertz CT molecular complexity index is 1130. The number of nitrogens with one attached hydrogen (secondary N) is 1. The molecule has 2 aromatic rings. The number of nitrogens with zero attached hydrogens (tertiary/aromatic N) is 1. The van der Waals surface area contributed by atoms with Crippen molar-refractivity contribution in [1.29, 1.82) is 0 Å². The van der Waals surface area contributed by atoms with E-state index in [2.05, 4.69) is 4.72 Å². The minimum absolute atomic E-state index is 0.0281. The first kappa shape index (κ1) is 22.5. The molecule has 1 aliphatic rings. The van der Waals surface area contributed by atoms with Crippen LogP contribution in [0.1, 0.15) is 34.1 Å². The van der Waals surface area contributed by atoms with Crippen molar-refractivity contribution in [2.24, 2.45) is 5.41 Å². The van der Waals surface area contributed by atoms with Gasteiger partial charge in [0.1, 0.15) is 11.6 Å². The molecule has 0 aliphatic carbocycles. The largest absolute Gasteiger partial charge is 0.479 e. The number of likely N-dealkylation sites (tertiary alicyclic amines) is 1. The van der Waals surface area contributed by atoms with E-state index in [0.717, 1.165) is 5.39 Å². The smallest absolute Gasteiger partial charge is 0.329 e. The lowest BCUT2D eigenvalue weighted by Gasteiger charge is -2.44. The van der Waals surface area contributed by atoms with Crippen molar-refractivity contribution in [3.05, 3.63) is 41.4 Å². The van der Waals surface area contributed by atoms with Gasteiger partial charge < -0.3 is 10.0 Å². The van der Waals surface area contributed by atoms with Gasteiger partial charge in [0.15, 0.2) is 0 Å². The van der Waals surface area contributed by atoms with Gasteiger partial charge in [-0.1, -0.05) is 44.5 Å². The Morgan fingerprint density at radius 1 is 1.13 bits per heavy atom. The summed E-state index contributed by atoms with van der Waals surface area (Å²) in [5, 5.41) is 11.9. The zero-order valence-electron chi connectivity index (χ0n) is 17.3. The van der Waals surface area contributed by atoms with Crippen LogP contribution in [0.15, 0.2) is 41.3 Å². The lowest BCUT2D eigenvalue weighted by molar-refractivity contribution is -0.164. The van der Waals surface area contributed by atoms with Crippen LogP contribution in [0.5, 0.6) is 0 Å². The molecule has 2 N–H and O–H groups in total. The number of rotatable bonds is 5. The lowest BCUT2D eigenvalue weighted by atomic mass is 9.73. The molecule has 7 nitrogen and oxygen atoms in total. The summed E-state index contributed by atoms with van der Waals surface area (Å²) in [5.74, 6) is -1.66. The summed E-state index contributed by atoms with van der Waals surface area (Å²) >= 11 is 5.97. The second kappa shape index (κ2) is 7.51. The van der Waals surface area contributed by atoms with Crippen molar-refractivity contribution in [2.75, 3.05) is 6.54 Å². The molecule has 3 rings (SSSR count). The van der Waals surface area contributed by atoms with E-state index in [4.69, 9.17) is 11.6 Å². The third-order valence-corrected chi connectivity index (χ3v) is 7.71. The van der Waals surface area contributed by atoms with E-state index in [0.29, 0.717) is 10.4 Å². The maximum Gasteiger partial charge on any atom is 0.329 e. The first-order valence-corrected chi connectivity index (χ1v) is 11.4. The van der Waals surface area contributed by atoms with Crippen molar-refractivity contribution in [2.45, 2.75) is 50.6 Å². The summed E-state index contributed by atoms with van der Waals surface area (Å²) in [4.78, 5) is 26.3. The van der Waals surface area contributed by atoms with Crippen molar-refractivity contribution in [3.63, 3.8) is 0 Å². The lowest BCUT2D eigenvalue weighted by Crippen LogP contribution is -2.62. The number of hydrogen-bond acceptors (Lipinski definition) is 4. The molecule has 9 heteroatoms. The number of carboxylic acids is 1. The van der Waals surface area contributed by atoms with Crippen molar-refractivity contribution < 1.29 is 23.1 Å². The summed E-state index contributed by atoms with van der Waals surface area (Å²) in [6.07, 6.45) is 0.195. The van der Waals surface area contributed by atoms with E-state index in [1.165, 1.54) is 24.0 Å². The van der Waals surface area contributed by atoms with E-state index in [1.807, 2.05) is 0 Å². The van der Waals surface area contributed by atoms with Crippen molar-refractivity contribution in [1.82, 2.24) is 9.62 Å². The van der Waals surface area contributed by atoms with Crippen LogP contribution in [-0.4, -0.2) is 48.4 Å². The number of benzene rings is 2. The Balaban J connectivity index is 1.87. The molecule has 0 saturated carbocycles. The molecule has 0 aromatic heterocycles. The number of hydrogen-bond donors (Lipinski definition) is 2. The van der Waals surface area contributed by atoms with Crippen LogP contribution in [0.3, 0.4) is 0 Å². The van der Waals surface area contributed by atoms with Crippen LogP contribution < -0.4 is 4.72 Å². The summed E-state index contributed by atoms with van der Waals surface area (Å²) in [6, 6.07) is 8.73. The Labute approximate surface area is 181 Å². The van der Waals surface area contributed by atoms with E-state index >= 15 is 0 Å². The molecule has 1 amide bonds. The van der Waals surface area contributed by atoms with Crippen LogP contribution in [0.2, 0.25) is 5.02 Å². The molecular formula is C21H25ClN2O5S. The van der Waals surface area contributed by atoms with E-state index < -0.39 is 38.9 Å². The molecule has 2 aromatic carbocycles. The van der Waals surface area contributed by atoms with Gasteiger partial charge in [0, 0.05) is 11.6 Å². The Kier molecular flexibility index (Phi) is 5.64. The molecule has 2 atom stereocenters. The topological polar surface area (TPSA) is 104 Å². The predicted octanol–water partition coefficient (Wildman–Crippen LogP) is 3.26. The zero-order valence-corrected chi connectivity index (χ0v) is 18.8. The molecule has 0 bridgehead atoms. The summed E-state index contributed by atoms with van der Waals surface area (Å²) in [6.45, 7) is 6.88. The van der Waals surface area contributed by atoms with E-state index in [1.54, 1.807) is 45.0 Å². The number of carboxylic acid groups (broad SMARTS) is 1. The average Bonchev–Trinajstić information content (AvgIpc) is 2.99. The number of amides is 1. The number of aliphatic carboxylic acids is 1. The highest BCUT2D eigenvalue weighted by Gasteiger charge is 2.54. The minimum atomic E-state index is -3.98. The van der Waals surface area contributed by atoms with E-state index in [9.17, 15) is 23.1 Å². The summed E-state index contributed by atoms with van der Waals surface area (Å²) < 4.78 is 28.3. The fourth-order valence-corrected chi connectivity index (χ4v) is 5.13. The van der Waals surface area contributed by atoms with Gasteiger partial charge in [-0.15, -0.1) is 0 Å². The minimum Gasteiger partial charge on any atom is -0.479 e. The average molecular weight is 453 g/mol. The van der Waals surface area contributed by atoms with Crippen molar-refractivity contribution >= 4 is 44.3 Å². The second-order valence-corrected chi connectivity index (χ2v) is 10.9. The highest BCUT2D eigenvalue weighted by molar-refractivity contribution is 7.89. The Morgan fingerprint density at radius 2 is 1.73 bits per heavy atom. The van der Waals surface area contributed by atoms with Gasteiger partial charge in [-0.25, -0.2) is 13.2 Å². The fourth-order valence-electron chi connectivity index (χ4n) is 3.69. The third-order valence-electron chi connectivity index (χ3n) is 6.00. The first-order valence-electron chi connectivity index (χ1n) is 9.54. The molecule has 1 saturated heterocycles.